The van der Waals surface area contributed by atoms with Crippen molar-refractivity contribution in [2.45, 2.75) is 64.1 Å². The van der Waals surface area contributed by atoms with Gasteiger partial charge in [0, 0.05) is 18.7 Å². The van der Waals surface area contributed by atoms with Crippen LogP contribution in [0.25, 0.3) is 0 Å². The second-order valence-corrected chi connectivity index (χ2v) is 9.06. The molecule has 1 fully saturated rings. The molecule has 1 aromatic rings. The van der Waals surface area contributed by atoms with Crippen LogP contribution in [0.3, 0.4) is 0 Å². The molecule has 1 saturated heterocycles. The molecule has 1 aromatic carbocycles. The summed E-state index contributed by atoms with van der Waals surface area (Å²) in [5.41, 5.74) is 11.1. The minimum absolute atomic E-state index is 0.0631. The lowest BCUT2D eigenvalue weighted by Crippen LogP contribution is -2.55. The van der Waals surface area contributed by atoms with Crippen molar-refractivity contribution < 1.29 is 24.3 Å². The van der Waals surface area contributed by atoms with Gasteiger partial charge in [-0.2, -0.15) is 0 Å². The molecule has 35 heavy (non-hydrogen) atoms. The number of amides is 3. The molecule has 0 aliphatic carbocycles. The molecule has 3 atom stereocenters. The van der Waals surface area contributed by atoms with Crippen molar-refractivity contribution in [2.24, 2.45) is 22.4 Å². The van der Waals surface area contributed by atoms with E-state index in [1.54, 1.807) is 30.3 Å². The number of hydrogen-bond acceptors (Lipinski definition) is 5. The Morgan fingerprint density at radius 3 is 2.40 bits per heavy atom. The Bertz CT molecular complexity index is 916. The fourth-order valence-electron chi connectivity index (χ4n) is 4.06. The van der Waals surface area contributed by atoms with Crippen LogP contribution in [0.4, 0.5) is 0 Å². The highest BCUT2D eigenvalue weighted by Gasteiger charge is 2.38. The number of nitrogens with two attached hydrogens (primary N) is 2. The number of aliphatic carboxylic acids is 1. The van der Waals surface area contributed by atoms with Crippen molar-refractivity contribution in [1.29, 1.82) is 0 Å². The van der Waals surface area contributed by atoms with Gasteiger partial charge in [0.2, 0.25) is 11.8 Å². The topological polar surface area (TPSA) is 180 Å². The SMILES string of the molecule is CC(C)C[C@H](NC(=O)[C@@H]1CCCN1C(=O)[C@H](CCCN=C(N)N)NC(=O)c1ccccc1)C(=O)O. The molecule has 0 aromatic heterocycles. The number of rotatable bonds is 12. The summed E-state index contributed by atoms with van der Waals surface area (Å²) in [6.45, 7) is 4.36. The molecule has 0 saturated carbocycles. The van der Waals surface area contributed by atoms with Crippen molar-refractivity contribution in [3.8, 4) is 0 Å². The van der Waals surface area contributed by atoms with Gasteiger partial charge < -0.3 is 32.1 Å². The van der Waals surface area contributed by atoms with Crippen LogP contribution in [-0.2, 0) is 14.4 Å². The molecule has 11 nitrogen and oxygen atoms in total. The highest BCUT2D eigenvalue weighted by atomic mass is 16.4. The lowest BCUT2D eigenvalue weighted by atomic mass is 10.0. The average Bonchev–Trinajstić information content (AvgIpc) is 3.30. The second kappa shape index (κ2) is 13.3. The molecule has 11 heteroatoms. The van der Waals surface area contributed by atoms with Crippen molar-refractivity contribution in [1.82, 2.24) is 15.5 Å². The lowest BCUT2D eigenvalue weighted by molar-refractivity contribution is -0.144. The largest absolute Gasteiger partial charge is 0.480 e. The minimum Gasteiger partial charge on any atom is -0.480 e. The third-order valence-corrected chi connectivity index (χ3v) is 5.74. The zero-order valence-electron chi connectivity index (χ0n) is 20.3. The Hall–Kier alpha value is -3.63. The van der Waals surface area contributed by atoms with E-state index < -0.39 is 41.8 Å². The Morgan fingerprint density at radius 1 is 1.11 bits per heavy atom. The summed E-state index contributed by atoms with van der Waals surface area (Å²) in [5.74, 6) is -2.42. The molecule has 0 spiro atoms. The van der Waals surface area contributed by atoms with Crippen LogP contribution in [0, 0.1) is 5.92 Å². The molecule has 1 aliphatic rings. The van der Waals surface area contributed by atoms with Gasteiger partial charge in [0.25, 0.3) is 5.91 Å². The summed E-state index contributed by atoms with van der Waals surface area (Å²) in [5, 5.41) is 14.8. The van der Waals surface area contributed by atoms with Gasteiger partial charge in [-0.05, 0) is 50.2 Å². The van der Waals surface area contributed by atoms with Crippen molar-refractivity contribution >= 4 is 29.7 Å². The van der Waals surface area contributed by atoms with Gasteiger partial charge in [0.15, 0.2) is 5.96 Å². The predicted molar refractivity (Wildman–Crippen MR) is 131 cm³/mol. The number of carboxylic acids is 1. The van der Waals surface area contributed by atoms with Gasteiger partial charge in [0.05, 0.1) is 0 Å². The predicted octanol–water partition coefficient (Wildman–Crippen LogP) is 0.445. The molecule has 192 valence electrons. The summed E-state index contributed by atoms with van der Waals surface area (Å²) in [7, 11) is 0. The number of carbonyl (C=O) groups excluding carboxylic acids is 3. The van der Waals surface area contributed by atoms with Gasteiger partial charge >= 0.3 is 5.97 Å². The first-order chi connectivity index (χ1) is 16.6. The monoisotopic (exact) mass is 488 g/mol. The highest BCUT2D eigenvalue weighted by molar-refractivity contribution is 5.98. The molecular weight excluding hydrogens is 452 g/mol. The van der Waals surface area contributed by atoms with Crippen LogP contribution in [0.15, 0.2) is 35.3 Å². The number of nitrogens with zero attached hydrogens (tertiary/aromatic N) is 2. The van der Waals surface area contributed by atoms with Gasteiger partial charge in [-0.15, -0.1) is 0 Å². The van der Waals surface area contributed by atoms with Gasteiger partial charge in [-0.25, -0.2) is 4.79 Å². The lowest BCUT2D eigenvalue weighted by Gasteiger charge is -2.29. The molecule has 1 aliphatic heterocycles. The molecule has 2 rings (SSSR count). The average molecular weight is 489 g/mol. The highest BCUT2D eigenvalue weighted by Crippen LogP contribution is 2.21. The smallest absolute Gasteiger partial charge is 0.326 e. The number of guanidine groups is 1. The van der Waals surface area contributed by atoms with E-state index in [-0.39, 0.29) is 31.3 Å². The summed E-state index contributed by atoms with van der Waals surface area (Å²) in [4.78, 5) is 56.1. The maximum Gasteiger partial charge on any atom is 0.326 e. The third-order valence-electron chi connectivity index (χ3n) is 5.74. The van der Waals surface area contributed by atoms with Crippen molar-refractivity contribution in [3.05, 3.63) is 35.9 Å². The maximum atomic E-state index is 13.5. The van der Waals surface area contributed by atoms with E-state index >= 15 is 0 Å². The van der Waals surface area contributed by atoms with E-state index in [9.17, 15) is 24.3 Å². The Kier molecular flexibility index (Phi) is 10.5. The van der Waals surface area contributed by atoms with Crippen LogP contribution >= 0.6 is 0 Å². The van der Waals surface area contributed by atoms with Crippen molar-refractivity contribution in [3.63, 3.8) is 0 Å². The summed E-state index contributed by atoms with van der Waals surface area (Å²) >= 11 is 0. The summed E-state index contributed by atoms with van der Waals surface area (Å²) < 4.78 is 0. The van der Waals surface area contributed by atoms with E-state index in [0.29, 0.717) is 31.4 Å². The van der Waals surface area contributed by atoms with E-state index in [4.69, 9.17) is 11.5 Å². The molecule has 0 radical (unpaired) electrons. The van der Waals surface area contributed by atoms with Crippen LogP contribution in [0.2, 0.25) is 0 Å². The first kappa shape index (κ1) is 27.6. The second-order valence-electron chi connectivity index (χ2n) is 9.06. The molecular formula is C24H36N6O5. The third kappa shape index (κ3) is 8.58. The molecule has 7 N–H and O–H groups in total. The first-order valence-electron chi connectivity index (χ1n) is 11.8. The van der Waals surface area contributed by atoms with E-state index in [0.717, 1.165) is 0 Å². The van der Waals surface area contributed by atoms with E-state index in [2.05, 4.69) is 15.6 Å². The number of hydrogen-bond donors (Lipinski definition) is 5. The number of likely N-dealkylation sites (tertiary alicyclic amines) is 1. The number of carbonyl (C=O) groups is 4. The Balaban J connectivity index is 2.15. The maximum absolute atomic E-state index is 13.5. The quantitative estimate of drug-likeness (QED) is 0.161. The normalized spacial score (nSPS) is 16.9. The van der Waals surface area contributed by atoms with Crippen LogP contribution < -0.4 is 22.1 Å². The molecule has 0 unspecified atom stereocenters. The number of nitrogens with one attached hydrogen (secondary N) is 2. The minimum atomic E-state index is -1.12. The van der Waals surface area contributed by atoms with Gasteiger partial charge in [-0.1, -0.05) is 32.0 Å². The van der Waals surface area contributed by atoms with Gasteiger partial charge in [0.1, 0.15) is 18.1 Å². The standard InChI is InChI=1S/C24H36N6O5/c1-15(2)14-18(23(34)35)29-21(32)19-11-7-13-30(19)22(33)17(10-6-12-27-24(25)26)28-20(31)16-8-4-3-5-9-16/h3-5,8-9,15,17-19H,6-7,10-14H2,1-2H3,(H,28,31)(H,29,32)(H,34,35)(H4,25,26,27)/t17-,18-,19-/m0/s1. The van der Waals surface area contributed by atoms with Gasteiger partial charge in [-0.3, -0.25) is 19.4 Å². The first-order valence-corrected chi connectivity index (χ1v) is 11.8. The van der Waals surface area contributed by atoms with Crippen molar-refractivity contribution in [2.75, 3.05) is 13.1 Å². The number of carboxylic acid groups (broad SMARTS) is 1. The summed E-state index contributed by atoms with van der Waals surface area (Å²) in [6, 6.07) is 5.79. The fourth-order valence-corrected chi connectivity index (χ4v) is 4.06. The summed E-state index contributed by atoms with van der Waals surface area (Å²) in [6.07, 6.45) is 1.99. The van der Waals surface area contributed by atoms with Crippen LogP contribution in [0.1, 0.15) is 56.3 Å². The zero-order valence-corrected chi connectivity index (χ0v) is 20.3. The number of aliphatic imine (C=N–C) groups is 1. The van der Waals surface area contributed by atoms with Crippen LogP contribution in [0.5, 0.6) is 0 Å². The Labute approximate surface area is 205 Å². The molecule has 1 heterocycles. The number of benzene rings is 1. The molecule has 0 bridgehead atoms. The van der Waals surface area contributed by atoms with E-state index in [1.165, 1.54) is 4.90 Å². The van der Waals surface area contributed by atoms with E-state index in [1.807, 2.05) is 13.8 Å². The fraction of sp³-hybridized carbons (Fsp3) is 0.542. The molecule has 3 amide bonds. The Morgan fingerprint density at radius 2 is 1.80 bits per heavy atom. The zero-order chi connectivity index (χ0) is 26.0. The van der Waals surface area contributed by atoms with Crippen LogP contribution in [-0.4, -0.2) is 70.9 Å².